The summed E-state index contributed by atoms with van der Waals surface area (Å²) in [4.78, 5) is 20.7. The van der Waals surface area contributed by atoms with Gasteiger partial charge >= 0.3 is 0 Å². The first-order chi connectivity index (χ1) is 14.5. The molecule has 156 valence electrons. The van der Waals surface area contributed by atoms with E-state index in [2.05, 4.69) is 15.4 Å². The number of anilines is 3. The lowest BCUT2D eigenvalue weighted by Crippen LogP contribution is -2.50. The summed E-state index contributed by atoms with van der Waals surface area (Å²) in [6.07, 6.45) is 5.51. The van der Waals surface area contributed by atoms with E-state index in [0.717, 1.165) is 28.3 Å². The molecule has 0 spiro atoms. The monoisotopic (exact) mass is 408 g/mol. The van der Waals surface area contributed by atoms with E-state index in [0.29, 0.717) is 19.6 Å². The fraction of sp³-hybridized carbons (Fsp3) is 0.318. The molecule has 2 aromatic heterocycles. The molecule has 0 unspecified atom stereocenters. The SMILES string of the molecule is CCN1C(=O)[C@H](C)N(C)c2cc(NCc3cnn(Cc4ccc(F)cc4)c3)ncc21. The van der Waals surface area contributed by atoms with Gasteiger partial charge in [-0.3, -0.25) is 9.48 Å². The molecule has 0 saturated carbocycles. The number of amides is 1. The summed E-state index contributed by atoms with van der Waals surface area (Å²) in [7, 11) is 1.93. The van der Waals surface area contributed by atoms with Crippen LogP contribution in [0.15, 0.2) is 48.9 Å². The summed E-state index contributed by atoms with van der Waals surface area (Å²) >= 11 is 0. The van der Waals surface area contributed by atoms with E-state index in [4.69, 9.17) is 0 Å². The Morgan fingerprint density at radius 2 is 1.90 bits per heavy atom. The van der Waals surface area contributed by atoms with Crippen LogP contribution < -0.4 is 15.1 Å². The van der Waals surface area contributed by atoms with Crippen LogP contribution in [0, 0.1) is 5.82 Å². The van der Waals surface area contributed by atoms with Crippen LogP contribution in [0.25, 0.3) is 0 Å². The number of halogens is 1. The average molecular weight is 408 g/mol. The van der Waals surface area contributed by atoms with Gasteiger partial charge in [0.05, 0.1) is 30.3 Å². The lowest BCUT2D eigenvalue weighted by molar-refractivity contribution is -0.119. The molecule has 0 fully saturated rings. The van der Waals surface area contributed by atoms with Gasteiger partial charge in [-0.15, -0.1) is 0 Å². The second-order valence-electron chi connectivity index (χ2n) is 7.45. The number of hydrogen-bond donors (Lipinski definition) is 1. The van der Waals surface area contributed by atoms with Crippen LogP contribution in [0.4, 0.5) is 21.6 Å². The summed E-state index contributed by atoms with van der Waals surface area (Å²) in [5.41, 5.74) is 3.82. The molecule has 1 N–H and O–H groups in total. The molecule has 1 aromatic carbocycles. The number of carbonyl (C=O) groups excluding carboxylic acids is 1. The lowest BCUT2D eigenvalue weighted by atomic mass is 10.1. The maximum Gasteiger partial charge on any atom is 0.249 e. The normalized spacial score (nSPS) is 16.0. The standard InChI is InChI=1S/C22H25FN6O/c1-4-29-20-12-25-21(9-19(20)27(3)15(2)22(29)30)24-10-17-11-26-28(14-17)13-16-5-7-18(23)8-6-16/h5-9,11-12,14-15H,4,10,13H2,1-3H3,(H,24,25)/t15-/m0/s1. The quantitative estimate of drug-likeness (QED) is 0.678. The van der Waals surface area contributed by atoms with Gasteiger partial charge in [-0.25, -0.2) is 9.37 Å². The highest BCUT2D eigenvalue weighted by Crippen LogP contribution is 2.36. The molecule has 8 heteroatoms. The third kappa shape index (κ3) is 3.85. The molecule has 0 saturated heterocycles. The number of hydrogen-bond acceptors (Lipinski definition) is 5. The Morgan fingerprint density at radius 1 is 1.13 bits per heavy atom. The number of likely N-dealkylation sites (N-methyl/N-ethyl adjacent to an activating group) is 2. The van der Waals surface area contributed by atoms with Gasteiger partial charge in [-0.05, 0) is 31.5 Å². The molecule has 0 radical (unpaired) electrons. The van der Waals surface area contributed by atoms with Gasteiger partial charge in [0, 0.05) is 38.0 Å². The van der Waals surface area contributed by atoms with E-state index < -0.39 is 0 Å². The number of carbonyl (C=O) groups is 1. The van der Waals surface area contributed by atoms with Crippen molar-refractivity contribution in [3.63, 3.8) is 0 Å². The molecule has 3 aromatic rings. The predicted octanol–water partition coefficient (Wildman–Crippen LogP) is 3.27. The van der Waals surface area contributed by atoms with Crippen molar-refractivity contribution >= 4 is 23.1 Å². The first kappa shape index (κ1) is 19.9. The molecule has 1 aliphatic rings. The molecule has 4 rings (SSSR count). The van der Waals surface area contributed by atoms with Gasteiger partial charge in [0.2, 0.25) is 5.91 Å². The Balaban J connectivity index is 1.44. The maximum atomic E-state index is 13.0. The number of benzene rings is 1. The van der Waals surface area contributed by atoms with Gasteiger partial charge in [0.1, 0.15) is 17.7 Å². The Kier molecular flexibility index (Phi) is 5.39. The molecule has 30 heavy (non-hydrogen) atoms. The lowest BCUT2D eigenvalue weighted by Gasteiger charge is -2.39. The molecule has 0 bridgehead atoms. The predicted molar refractivity (Wildman–Crippen MR) is 115 cm³/mol. The maximum absolute atomic E-state index is 13.0. The topological polar surface area (TPSA) is 66.3 Å². The number of nitrogens with zero attached hydrogens (tertiary/aromatic N) is 5. The Hall–Kier alpha value is -3.42. The molecular formula is C22H25FN6O. The summed E-state index contributed by atoms with van der Waals surface area (Å²) in [6.45, 7) is 5.66. The van der Waals surface area contributed by atoms with Crippen molar-refractivity contribution in [3.8, 4) is 0 Å². The fourth-order valence-corrected chi connectivity index (χ4v) is 3.62. The van der Waals surface area contributed by atoms with Crippen molar-refractivity contribution in [2.45, 2.75) is 33.0 Å². The second kappa shape index (κ2) is 8.14. The van der Waals surface area contributed by atoms with E-state index in [1.807, 2.05) is 42.7 Å². The first-order valence-corrected chi connectivity index (χ1v) is 10.00. The molecule has 1 amide bonds. The van der Waals surface area contributed by atoms with Crippen molar-refractivity contribution in [2.24, 2.45) is 0 Å². The van der Waals surface area contributed by atoms with Crippen LogP contribution in [0.3, 0.4) is 0 Å². The summed E-state index contributed by atoms with van der Waals surface area (Å²) < 4.78 is 14.9. The van der Waals surface area contributed by atoms with E-state index in [1.165, 1.54) is 12.1 Å². The second-order valence-corrected chi connectivity index (χ2v) is 7.45. The highest BCUT2D eigenvalue weighted by molar-refractivity contribution is 6.05. The summed E-state index contributed by atoms with van der Waals surface area (Å²) in [6, 6.07) is 8.19. The largest absolute Gasteiger partial charge is 0.366 e. The van der Waals surface area contributed by atoms with Crippen LogP contribution in [0.1, 0.15) is 25.0 Å². The zero-order valence-corrected chi connectivity index (χ0v) is 17.3. The Bertz CT molecular complexity index is 1050. The van der Waals surface area contributed by atoms with Gasteiger partial charge in [-0.1, -0.05) is 12.1 Å². The van der Waals surface area contributed by atoms with Crippen molar-refractivity contribution in [3.05, 3.63) is 65.9 Å². The minimum atomic E-state index is -0.242. The molecule has 1 aliphatic heterocycles. The third-order valence-corrected chi connectivity index (χ3v) is 5.47. The van der Waals surface area contributed by atoms with Crippen LogP contribution in [-0.4, -0.2) is 40.3 Å². The number of fused-ring (bicyclic) bond motifs is 1. The van der Waals surface area contributed by atoms with E-state index in [1.54, 1.807) is 29.4 Å². The number of rotatable bonds is 6. The Morgan fingerprint density at radius 3 is 2.63 bits per heavy atom. The molecule has 1 atom stereocenters. The highest BCUT2D eigenvalue weighted by Gasteiger charge is 2.33. The zero-order valence-electron chi connectivity index (χ0n) is 17.3. The number of pyridine rings is 1. The van der Waals surface area contributed by atoms with Crippen molar-refractivity contribution in [1.29, 1.82) is 0 Å². The van der Waals surface area contributed by atoms with Crippen molar-refractivity contribution < 1.29 is 9.18 Å². The summed E-state index contributed by atoms with van der Waals surface area (Å²) in [5.74, 6) is 0.584. The Labute approximate surface area is 175 Å². The van der Waals surface area contributed by atoms with Gasteiger partial charge in [-0.2, -0.15) is 5.10 Å². The van der Waals surface area contributed by atoms with Crippen LogP contribution in [0.2, 0.25) is 0 Å². The van der Waals surface area contributed by atoms with Crippen molar-refractivity contribution in [1.82, 2.24) is 14.8 Å². The number of nitrogens with one attached hydrogen (secondary N) is 1. The molecule has 0 aliphatic carbocycles. The third-order valence-electron chi connectivity index (χ3n) is 5.47. The minimum Gasteiger partial charge on any atom is -0.366 e. The fourth-order valence-electron chi connectivity index (χ4n) is 3.62. The van der Waals surface area contributed by atoms with Crippen LogP contribution in [-0.2, 0) is 17.9 Å². The van der Waals surface area contributed by atoms with Gasteiger partial charge in [0.15, 0.2) is 0 Å². The highest BCUT2D eigenvalue weighted by atomic mass is 19.1. The van der Waals surface area contributed by atoms with E-state index in [9.17, 15) is 9.18 Å². The minimum absolute atomic E-state index is 0.0866. The van der Waals surface area contributed by atoms with Gasteiger partial charge < -0.3 is 15.1 Å². The van der Waals surface area contributed by atoms with E-state index >= 15 is 0 Å². The molecule has 7 nitrogen and oxygen atoms in total. The summed E-state index contributed by atoms with van der Waals surface area (Å²) in [5, 5.41) is 7.71. The molecule has 3 heterocycles. The molecular weight excluding hydrogens is 383 g/mol. The van der Waals surface area contributed by atoms with Gasteiger partial charge in [0.25, 0.3) is 0 Å². The first-order valence-electron chi connectivity index (χ1n) is 10.00. The zero-order chi connectivity index (χ0) is 21.3. The number of aromatic nitrogens is 3. The van der Waals surface area contributed by atoms with Crippen LogP contribution in [0.5, 0.6) is 0 Å². The van der Waals surface area contributed by atoms with E-state index in [-0.39, 0.29) is 17.8 Å². The van der Waals surface area contributed by atoms with Crippen LogP contribution >= 0.6 is 0 Å². The van der Waals surface area contributed by atoms with Crippen molar-refractivity contribution in [2.75, 3.05) is 28.7 Å². The average Bonchev–Trinajstić information content (AvgIpc) is 3.20. The smallest absolute Gasteiger partial charge is 0.249 e.